The summed E-state index contributed by atoms with van der Waals surface area (Å²) in [4.78, 5) is 17.8. The van der Waals surface area contributed by atoms with Crippen LogP contribution in [0.2, 0.25) is 0 Å². The van der Waals surface area contributed by atoms with E-state index in [2.05, 4.69) is 48.7 Å². The molecular weight excluding hydrogens is 346 g/mol. The molecule has 4 bridgehead atoms. The fraction of sp³-hybridized carbons (Fsp3) is 0.583. The summed E-state index contributed by atoms with van der Waals surface area (Å²) in [5, 5.41) is 7.85. The van der Waals surface area contributed by atoms with Gasteiger partial charge in [0.15, 0.2) is 0 Å². The Balaban J connectivity index is 1.19. The molecule has 1 aromatic carbocycles. The highest BCUT2D eigenvalue weighted by Gasteiger charge is 2.54. The van der Waals surface area contributed by atoms with Crippen LogP contribution < -0.4 is 10.6 Å². The average Bonchev–Trinajstić information content (AvgIpc) is 2.64. The summed E-state index contributed by atoms with van der Waals surface area (Å²) >= 11 is 0. The van der Waals surface area contributed by atoms with Crippen LogP contribution in [-0.4, -0.2) is 24.0 Å². The molecule has 4 heteroatoms. The van der Waals surface area contributed by atoms with Gasteiger partial charge in [-0.2, -0.15) is 0 Å². The number of carbonyl (C=O) groups excluding carboxylic acids is 1. The van der Waals surface area contributed by atoms with Gasteiger partial charge in [-0.25, -0.2) is 4.98 Å². The lowest BCUT2D eigenvalue weighted by Gasteiger charge is -2.55. The van der Waals surface area contributed by atoms with Crippen molar-refractivity contribution in [3.8, 4) is 0 Å². The predicted molar refractivity (Wildman–Crippen MR) is 113 cm³/mol. The van der Waals surface area contributed by atoms with Crippen LogP contribution in [-0.2, 0) is 4.79 Å². The molecule has 0 unspecified atom stereocenters. The summed E-state index contributed by atoms with van der Waals surface area (Å²) in [6.07, 6.45) is 7.51. The number of pyridine rings is 1. The summed E-state index contributed by atoms with van der Waals surface area (Å²) < 4.78 is 0. The van der Waals surface area contributed by atoms with Crippen LogP contribution in [0.15, 0.2) is 24.3 Å². The van der Waals surface area contributed by atoms with Gasteiger partial charge < -0.3 is 10.6 Å². The highest BCUT2D eigenvalue weighted by Crippen LogP contribution is 2.60. The van der Waals surface area contributed by atoms with Crippen molar-refractivity contribution in [3.63, 3.8) is 0 Å². The van der Waals surface area contributed by atoms with Gasteiger partial charge in [0.05, 0.1) is 5.52 Å². The lowest BCUT2D eigenvalue weighted by atomic mass is 9.49. The van der Waals surface area contributed by atoms with Crippen LogP contribution in [0.25, 0.3) is 10.9 Å². The number of hydrogen-bond acceptors (Lipinski definition) is 3. The van der Waals surface area contributed by atoms with E-state index >= 15 is 0 Å². The van der Waals surface area contributed by atoms with Gasteiger partial charge in [0.25, 0.3) is 0 Å². The molecule has 1 amide bonds. The van der Waals surface area contributed by atoms with E-state index in [1.165, 1.54) is 30.2 Å². The first-order valence-corrected chi connectivity index (χ1v) is 10.9. The lowest BCUT2D eigenvalue weighted by Crippen LogP contribution is -2.54. The zero-order valence-corrected chi connectivity index (χ0v) is 17.1. The average molecular weight is 378 g/mol. The van der Waals surface area contributed by atoms with Gasteiger partial charge in [0, 0.05) is 23.9 Å². The van der Waals surface area contributed by atoms with Crippen LogP contribution in [0.4, 0.5) is 5.82 Å². The van der Waals surface area contributed by atoms with Crippen molar-refractivity contribution in [2.75, 3.05) is 18.4 Å². The van der Waals surface area contributed by atoms with Crippen molar-refractivity contribution < 1.29 is 4.79 Å². The first-order valence-electron chi connectivity index (χ1n) is 10.9. The van der Waals surface area contributed by atoms with Crippen LogP contribution in [0.5, 0.6) is 0 Å². The zero-order chi connectivity index (χ0) is 19.3. The molecule has 6 rings (SSSR count). The zero-order valence-electron chi connectivity index (χ0n) is 17.1. The molecule has 4 saturated carbocycles. The number of fused-ring (bicyclic) bond motifs is 1. The van der Waals surface area contributed by atoms with Crippen LogP contribution in [0, 0.1) is 37.0 Å². The van der Waals surface area contributed by atoms with Crippen LogP contribution >= 0.6 is 0 Å². The predicted octanol–water partition coefficient (Wildman–Crippen LogP) is 4.60. The number of amides is 1. The molecule has 4 fully saturated rings. The molecule has 2 aromatic rings. The normalized spacial score (nSPS) is 30.6. The fourth-order valence-corrected chi connectivity index (χ4v) is 6.51. The minimum atomic E-state index is -0.0519. The number of aromatic nitrogens is 1. The van der Waals surface area contributed by atoms with E-state index in [4.69, 9.17) is 4.98 Å². The van der Waals surface area contributed by atoms with Gasteiger partial charge in [-0.3, -0.25) is 4.79 Å². The van der Waals surface area contributed by atoms with Gasteiger partial charge in [0.2, 0.25) is 5.91 Å². The summed E-state index contributed by atoms with van der Waals surface area (Å²) in [5.41, 5.74) is 3.35. The SMILES string of the molecule is Cc1ccc2nc(NCCNC(=O)C34CC5CC(CC(C5)C3)C4)c(C)cc2c1. The second-order valence-corrected chi connectivity index (χ2v) is 9.73. The Hall–Kier alpha value is -2.10. The standard InChI is InChI=1S/C24H31N3O/c1-15-3-4-21-20(7-15)8-16(2)22(27-21)25-5-6-26-23(28)24-12-17-9-18(13-24)11-19(10-17)14-24/h3-4,7-8,17-19H,5-6,9-14H2,1-2H3,(H,25,27)(H,26,28). The minimum Gasteiger partial charge on any atom is -0.368 e. The second kappa shape index (κ2) is 6.75. The van der Waals surface area contributed by atoms with E-state index in [1.807, 2.05) is 0 Å². The molecule has 2 N–H and O–H groups in total. The third kappa shape index (κ3) is 3.17. The maximum Gasteiger partial charge on any atom is 0.226 e. The van der Waals surface area contributed by atoms with Crippen molar-refractivity contribution in [2.24, 2.45) is 23.2 Å². The van der Waals surface area contributed by atoms with E-state index < -0.39 is 0 Å². The number of nitrogens with one attached hydrogen (secondary N) is 2. The molecule has 1 aromatic heterocycles. The quantitative estimate of drug-likeness (QED) is 0.749. The summed E-state index contributed by atoms with van der Waals surface area (Å²) in [6, 6.07) is 8.53. The number of rotatable bonds is 5. The first-order chi connectivity index (χ1) is 13.5. The van der Waals surface area contributed by atoms with Gasteiger partial charge >= 0.3 is 0 Å². The molecule has 4 nitrogen and oxygen atoms in total. The summed E-state index contributed by atoms with van der Waals surface area (Å²) in [6.45, 7) is 5.56. The van der Waals surface area contributed by atoms with Gasteiger partial charge in [0.1, 0.15) is 5.82 Å². The Labute approximate surface area is 167 Å². The van der Waals surface area contributed by atoms with E-state index in [0.717, 1.165) is 53.9 Å². The molecule has 4 aliphatic carbocycles. The molecule has 0 atom stereocenters. The molecule has 4 aliphatic rings. The van der Waals surface area contributed by atoms with Crippen molar-refractivity contribution in [1.82, 2.24) is 10.3 Å². The van der Waals surface area contributed by atoms with Crippen LogP contribution in [0.1, 0.15) is 49.7 Å². The monoisotopic (exact) mass is 377 g/mol. The molecule has 0 spiro atoms. The number of carbonyl (C=O) groups is 1. The first kappa shape index (κ1) is 18.0. The Bertz CT molecular complexity index is 884. The van der Waals surface area contributed by atoms with Crippen molar-refractivity contribution in [3.05, 3.63) is 35.4 Å². The smallest absolute Gasteiger partial charge is 0.226 e. The van der Waals surface area contributed by atoms with Crippen LogP contribution in [0.3, 0.4) is 0 Å². The van der Waals surface area contributed by atoms with Gasteiger partial charge in [-0.05, 0) is 93.9 Å². The third-order valence-corrected chi connectivity index (χ3v) is 7.38. The summed E-state index contributed by atoms with van der Waals surface area (Å²) in [7, 11) is 0. The number of benzene rings is 1. The molecule has 0 aliphatic heterocycles. The Kier molecular flexibility index (Phi) is 4.33. The Morgan fingerprint density at radius 2 is 1.71 bits per heavy atom. The number of hydrogen-bond donors (Lipinski definition) is 2. The third-order valence-electron chi connectivity index (χ3n) is 7.38. The Morgan fingerprint density at radius 3 is 2.39 bits per heavy atom. The van der Waals surface area contributed by atoms with Crippen molar-refractivity contribution >= 4 is 22.6 Å². The number of aryl methyl sites for hydroxylation is 2. The van der Waals surface area contributed by atoms with Crippen molar-refractivity contribution in [2.45, 2.75) is 52.4 Å². The molecule has 148 valence electrons. The number of anilines is 1. The molecule has 0 radical (unpaired) electrons. The largest absolute Gasteiger partial charge is 0.368 e. The number of nitrogens with zero attached hydrogens (tertiary/aromatic N) is 1. The highest BCUT2D eigenvalue weighted by molar-refractivity contribution is 5.83. The molecular formula is C24H31N3O. The highest BCUT2D eigenvalue weighted by atomic mass is 16.2. The molecule has 1 heterocycles. The van der Waals surface area contributed by atoms with Gasteiger partial charge in [-0.1, -0.05) is 11.6 Å². The van der Waals surface area contributed by atoms with E-state index in [0.29, 0.717) is 19.0 Å². The topological polar surface area (TPSA) is 54.0 Å². The van der Waals surface area contributed by atoms with Crippen molar-refractivity contribution in [1.29, 1.82) is 0 Å². The maximum atomic E-state index is 13.0. The maximum absolute atomic E-state index is 13.0. The Morgan fingerprint density at radius 1 is 1.04 bits per heavy atom. The lowest BCUT2D eigenvalue weighted by molar-refractivity contribution is -0.146. The van der Waals surface area contributed by atoms with E-state index in [9.17, 15) is 4.79 Å². The van der Waals surface area contributed by atoms with E-state index in [1.54, 1.807) is 0 Å². The summed E-state index contributed by atoms with van der Waals surface area (Å²) in [5.74, 6) is 3.65. The van der Waals surface area contributed by atoms with E-state index in [-0.39, 0.29) is 5.41 Å². The second-order valence-electron chi connectivity index (χ2n) is 9.73. The fourth-order valence-electron chi connectivity index (χ4n) is 6.51. The minimum absolute atomic E-state index is 0.0519. The molecule has 0 saturated heterocycles. The molecule has 28 heavy (non-hydrogen) atoms. The van der Waals surface area contributed by atoms with Gasteiger partial charge in [-0.15, -0.1) is 0 Å².